The molecule has 1 aromatic heterocycles. The number of carbonyl (C=O) groups excluding carboxylic acids is 2. The zero-order chi connectivity index (χ0) is 28.5. The number of nitrogens with zero attached hydrogens (tertiary/aromatic N) is 3. The standard InChI is InChI=1S/C28H34F5N5O2/c29-27(30)16-37(17-27)13-12-19(14-25(39)34-18-6-5-7-18)35-26(40)23-15-24(38(36-23)20-8-1-2-9-20)21-10-3-4-11-22(21)28(31,32)33/h3-4,10-11,15,18-20H,1-2,5-9,12-14,16-17H2,(H,34,39)(H,35,40)/t19-/m0/s1. The summed E-state index contributed by atoms with van der Waals surface area (Å²) in [6.07, 6.45) is 1.81. The van der Waals surface area contributed by atoms with E-state index in [1.165, 1.54) is 28.9 Å². The molecule has 0 bridgehead atoms. The first-order valence-electron chi connectivity index (χ1n) is 13.9. The molecule has 7 nitrogen and oxygen atoms in total. The number of aromatic nitrogens is 2. The average molecular weight is 568 g/mol. The average Bonchev–Trinajstić information content (AvgIpc) is 3.53. The maximum Gasteiger partial charge on any atom is 0.417 e. The lowest BCUT2D eigenvalue weighted by atomic mass is 9.93. The van der Waals surface area contributed by atoms with Crippen LogP contribution in [0.4, 0.5) is 22.0 Å². The minimum atomic E-state index is -4.59. The minimum Gasteiger partial charge on any atom is -0.353 e. The third-order valence-corrected chi connectivity index (χ3v) is 8.09. The predicted octanol–water partition coefficient (Wildman–Crippen LogP) is 5.18. The summed E-state index contributed by atoms with van der Waals surface area (Å²) in [7, 11) is 0. The molecule has 2 aromatic rings. The van der Waals surface area contributed by atoms with Gasteiger partial charge in [0.1, 0.15) is 0 Å². The van der Waals surface area contributed by atoms with Crippen LogP contribution < -0.4 is 10.6 Å². The number of benzene rings is 1. The van der Waals surface area contributed by atoms with Gasteiger partial charge in [-0.15, -0.1) is 0 Å². The van der Waals surface area contributed by atoms with Crippen LogP contribution in [-0.4, -0.2) is 64.1 Å². The third kappa shape index (κ3) is 6.64. The summed E-state index contributed by atoms with van der Waals surface area (Å²) >= 11 is 0. The first kappa shape index (κ1) is 28.5. The SMILES string of the molecule is O=C(C[C@H](CCN1CC(F)(F)C1)NC(=O)c1cc(-c2ccccc2C(F)(F)F)n(C2CCCC2)n1)NC1CCC1. The van der Waals surface area contributed by atoms with Gasteiger partial charge in [0.25, 0.3) is 11.8 Å². The van der Waals surface area contributed by atoms with Crippen LogP contribution in [0, 0.1) is 0 Å². The molecule has 3 aliphatic rings. The third-order valence-electron chi connectivity index (χ3n) is 8.09. The molecular weight excluding hydrogens is 533 g/mol. The lowest BCUT2D eigenvalue weighted by molar-refractivity contribution is -0.137. The highest BCUT2D eigenvalue weighted by molar-refractivity contribution is 5.94. The van der Waals surface area contributed by atoms with E-state index in [4.69, 9.17) is 0 Å². The van der Waals surface area contributed by atoms with E-state index in [-0.39, 0.29) is 67.4 Å². The smallest absolute Gasteiger partial charge is 0.353 e. The molecule has 1 aliphatic heterocycles. The van der Waals surface area contributed by atoms with E-state index >= 15 is 0 Å². The number of hydrogen-bond donors (Lipinski definition) is 2. The Bertz CT molecular complexity index is 1210. The Morgan fingerprint density at radius 3 is 2.38 bits per heavy atom. The van der Waals surface area contributed by atoms with E-state index in [0.29, 0.717) is 0 Å². The van der Waals surface area contributed by atoms with Gasteiger partial charge in [-0.3, -0.25) is 19.2 Å². The summed E-state index contributed by atoms with van der Waals surface area (Å²) in [4.78, 5) is 27.6. The van der Waals surface area contributed by atoms with Crippen molar-refractivity contribution in [2.24, 2.45) is 0 Å². The number of rotatable bonds is 10. The normalized spacial score (nSPS) is 20.5. The Hall–Kier alpha value is -3.02. The number of carbonyl (C=O) groups is 2. The molecule has 5 rings (SSSR count). The van der Waals surface area contributed by atoms with Crippen molar-refractivity contribution in [2.45, 2.75) is 88.0 Å². The molecule has 3 fully saturated rings. The van der Waals surface area contributed by atoms with Crippen molar-refractivity contribution in [3.8, 4) is 11.3 Å². The molecule has 0 radical (unpaired) electrons. The summed E-state index contributed by atoms with van der Waals surface area (Å²) in [5, 5.41) is 10.2. The largest absolute Gasteiger partial charge is 0.417 e. The van der Waals surface area contributed by atoms with Crippen LogP contribution in [0.5, 0.6) is 0 Å². The number of amides is 2. The van der Waals surface area contributed by atoms with Gasteiger partial charge >= 0.3 is 6.18 Å². The van der Waals surface area contributed by atoms with Gasteiger partial charge in [0.15, 0.2) is 5.69 Å². The van der Waals surface area contributed by atoms with E-state index in [2.05, 4.69) is 15.7 Å². The molecule has 2 aliphatic carbocycles. The molecule has 0 spiro atoms. The number of likely N-dealkylation sites (tertiary alicyclic amines) is 1. The van der Waals surface area contributed by atoms with Crippen molar-refractivity contribution in [3.63, 3.8) is 0 Å². The molecule has 40 heavy (non-hydrogen) atoms. The Balaban J connectivity index is 1.36. The Morgan fingerprint density at radius 1 is 1.05 bits per heavy atom. The van der Waals surface area contributed by atoms with Gasteiger partial charge in [-0.05, 0) is 50.7 Å². The number of halogens is 5. The summed E-state index contributed by atoms with van der Waals surface area (Å²) in [6.45, 7) is -0.455. The first-order chi connectivity index (χ1) is 19.0. The van der Waals surface area contributed by atoms with Crippen molar-refractivity contribution < 1.29 is 31.5 Å². The fourth-order valence-electron chi connectivity index (χ4n) is 5.74. The number of nitrogens with one attached hydrogen (secondary N) is 2. The maximum absolute atomic E-state index is 13.9. The van der Waals surface area contributed by atoms with Crippen molar-refractivity contribution in [1.29, 1.82) is 0 Å². The summed E-state index contributed by atoms with van der Waals surface area (Å²) in [6, 6.07) is 5.94. The molecule has 2 N–H and O–H groups in total. The highest BCUT2D eigenvalue weighted by Gasteiger charge is 2.43. The molecule has 218 valence electrons. The van der Waals surface area contributed by atoms with Crippen LogP contribution in [0.15, 0.2) is 30.3 Å². The fraction of sp³-hybridized carbons (Fsp3) is 0.607. The molecule has 1 aromatic carbocycles. The van der Waals surface area contributed by atoms with Crippen molar-refractivity contribution in [1.82, 2.24) is 25.3 Å². The number of hydrogen-bond acceptors (Lipinski definition) is 4. The predicted molar refractivity (Wildman–Crippen MR) is 138 cm³/mol. The minimum absolute atomic E-state index is 0.0282. The van der Waals surface area contributed by atoms with E-state index < -0.39 is 29.6 Å². The van der Waals surface area contributed by atoms with Gasteiger partial charge in [0.2, 0.25) is 5.91 Å². The molecule has 12 heteroatoms. The summed E-state index contributed by atoms with van der Waals surface area (Å²) in [5.74, 6) is -3.57. The first-order valence-corrected chi connectivity index (χ1v) is 13.9. The highest BCUT2D eigenvalue weighted by atomic mass is 19.4. The molecule has 1 saturated heterocycles. The molecule has 2 heterocycles. The molecular formula is C28H34F5N5O2. The van der Waals surface area contributed by atoms with Crippen LogP contribution >= 0.6 is 0 Å². The second-order valence-electron chi connectivity index (χ2n) is 11.3. The zero-order valence-electron chi connectivity index (χ0n) is 22.2. The number of alkyl halides is 5. The fourth-order valence-corrected chi connectivity index (χ4v) is 5.74. The van der Waals surface area contributed by atoms with Gasteiger partial charge in [-0.1, -0.05) is 31.0 Å². The van der Waals surface area contributed by atoms with Gasteiger partial charge < -0.3 is 10.6 Å². The van der Waals surface area contributed by atoms with Gasteiger partial charge in [0, 0.05) is 30.6 Å². The van der Waals surface area contributed by atoms with E-state index in [9.17, 15) is 31.5 Å². The second kappa shape index (κ2) is 11.5. The maximum atomic E-state index is 13.9. The Kier molecular flexibility index (Phi) is 8.17. The van der Waals surface area contributed by atoms with Gasteiger partial charge in [0.05, 0.1) is 30.4 Å². The van der Waals surface area contributed by atoms with Crippen molar-refractivity contribution in [2.75, 3.05) is 19.6 Å². The summed E-state index contributed by atoms with van der Waals surface area (Å²) in [5.41, 5.74) is -0.688. The quantitative estimate of drug-likeness (QED) is 0.388. The van der Waals surface area contributed by atoms with Crippen molar-refractivity contribution >= 4 is 11.8 Å². The van der Waals surface area contributed by atoms with E-state index in [1.807, 2.05) is 0 Å². The van der Waals surface area contributed by atoms with Crippen LogP contribution in [0.1, 0.15) is 79.9 Å². The topological polar surface area (TPSA) is 79.3 Å². The molecule has 1 atom stereocenters. The highest BCUT2D eigenvalue weighted by Crippen LogP contribution is 2.40. The molecule has 0 unspecified atom stereocenters. The van der Waals surface area contributed by atoms with Crippen LogP contribution in [-0.2, 0) is 11.0 Å². The second-order valence-corrected chi connectivity index (χ2v) is 11.3. The summed E-state index contributed by atoms with van der Waals surface area (Å²) < 4.78 is 69.7. The van der Waals surface area contributed by atoms with Crippen LogP contribution in [0.2, 0.25) is 0 Å². The lowest BCUT2D eigenvalue weighted by Gasteiger charge is -2.39. The van der Waals surface area contributed by atoms with Crippen LogP contribution in [0.25, 0.3) is 11.3 Å². The van der Waals surface area contributed by atoms with Crippen LogP contribution in [0.3, 0.4) is 0 Å². The van der Waals surface area contributed by atoms with Gasteiger partial charge in [-0.2, -0.15) is 18.3 Å². The zero-order valence-corrected chi connectivity index (χ0v) is 22.2. The Morgan fingerprint density at radius 2 is 1.75 bits per heavy atom. The molecule has 2 saturated carbocycles. The van der Waals surface area contributed by atoms with Gasteiger partial charge in [-0.25, -0.2) is 8.78 Å². The van der Waals surface area contributed by atoms with E-state index in [1.54, 1.807) is 4.90 Å². The van der Waals surface area contributed by atoms with Crippen molar-refractivity contribution in [3.05, 3.63) is 41.6 Å². The van der Waals surface area contributed by atoms with E-state index in [0.717, 1.165) is 51.0 Å². The lowest BCUT2D eigenvalue weighted by Crippen LogP contribution is -2.57. The Labute approximate surface area is 229 Å². The molecule has 2 amide bonds. The monoisotopic (exact) mass is 567 g/mol.